The van der Waals surface area contributed by atoms with Gasteiger partial charge in [-0.1, -0.05) is 46.8 Å². The van der Waals surface area contributed by atoms with Crippen molar-refractivity contribution in [2.24, 2.45) is 5.41 Å². The normalized spacial score (nSPS) is 10.8. The number of hydrogen-bond acceptors (Lipinski definition) is 4. The molecule has 114 valence electrons. The van der Waals surface area contributed by atoms with Gasteiger partial charge in [-0.25, -0.2) is 0 Å². The maximum atomic E-state index is 11.5. The molecule has 0 aliphatic rings. The van der Waals surface area contributed by atoms with Crippen molar-refractivity contribution in [3.05, 3.63) is 25.2 Å². The van der Waals surface area contributed by atoms with Crippen molar-refractivity contribution in [1.29, 1.82) is 0 Å². The summed E-state index contributed by atoms with van der Waals surface area (Å²) in [6.07, 6.45) is 5.27. The van der Waals surface area contributed by atoms with Gasteiger partial charge in [0, 0.05) is 6.42 Å². The van der Waals surface area contributed by atoms with Gasteiger partial charge in [-0.15, -0.1) is 0 Å². The minimum absolute atomic E-state index is 0.108. The van der Waals surface area contributed by atoms with Crippen LogP contribution in [0.4, 0.5) is 0 Å². The summed E-state index contributed by atoms with van der Waals surface area (Å²) in [5, 5.41) is 0. The van der Waals surface area contributed by atoms with E-state index in [9.17, 15) is 9.59 Å². The van der Waals surface area contributed by atoms with E-state index in [1.54, 1.807) is 0 Å². The molecule has 0 amide bonds. The molecular weight excluding hydrogens is 256 g/mol. The van der Waals surface area contributed by atoms with Gasteiger partial charge in [-0.2, -0.15) is 0 Å². The zero-order valence-electron chi connectivity index (χ0n) is 12.9. The van der Waals surface area contributed by atoms with Gasteiger partial charge in [0.15, 0.2) is 0 Å². The van der Waals surface area contributed by atoms with Crippen LogP contribution in [0.2, 0.25) is 0 Å². The lowest BCUT2D eigenvalue weighted by molar-refractivity contribution is -0.142. The Labute approximate surface area is 121 Å². The molecular formula is C16H26O4. The summed E-state index contributed by atoms with van der Waals surface area (Å²) in [6, 6.07) is 0. The van der Waals surface area contributed by atoms with Crippen molar-refractivity contribution >= 4 is 11.9 Å². The Morgan fingerprint density at radius 3 is 2.30 bits per heavy atom. The summed E-state index contributed by atoms with van der Waals surface area (Å²) in [7, 11) is 0. The van der Waals surface area contributed by atoms with Gasteiger partial charge in [0.05, 0.1) is 6.26 Å². The largest absolute Gasteiger partial charge is 0.435 e. The molecule has 0 aromatic carbocycles. The number of rotatable bonds is 9. The zero-order valence-corrected chi connectivity index (χ0v) is 12.9. The molecule has 20 heavy (non-hydrogen) atoms. The highest BCUT2D eigenvalue weighted by atomic mass is 16.5. The van der Waals surface area contributed by atoms with Crippen LogP contribution in [0.5, 0.6) is 0 Å². The van der Waals surface area contributed by atoms with Gasteiger partial charge < -0.3 is 9.47 Å². The van der Waals surface area contributed by atoms with Crippen molar-refractivity contribution in [2.45, 2.75) is 59.3 Å². The van der Waals surface area contributed by atoms with E-state index >= 15 is 0 Å². The van der Waals surface area contributed by atoms with Gasteiger partial charge >= 0.3 is 11.9 Å². The monoisotopic (exact) mass is 282 g/mol. The van der Waals surface area contributed by atoms with Gasteiger partial charge in [-0.05, 0) is 18.3 Å². The van der Waals surface area contributed by atoms with Gasteiger partial charge in [0.25, 0.3) is 0 Å². The van der Waals surface area contributed by atoms with Crippen molar-refractivity contribution < 1.29 is 19.1 Å². The Hall–Kier alpha value is -1.58. The highest BCUT2D eigenvalue weighted by Crippen LogP contribution is 2.22. The number of unbranched alkanes of at least 4 members (excludes halogenated alkanes) is 2. The molecule has 0 fully saturated rings. The highest BCUT2D eigenvalue weighted by molar-refractivity contribution is 5.75. The first-order chi connectivity index (χ1) is 9.24. The van der Waals surface area contributed by atoms with E-state index < -0.39 is 5.97 Å². The SMILES string of the molecule is C=COC(=O)CC(=C)OC(=O)CCCCCC(C)(C)C. The molecule has 0 heterocycles. The van der Waals surface area contributed by atoms with Crippen LogP contribution < -0.4 is 0 Å². The van der Waals surface area contributed by atoms with E-state index in [0.29, 0.717) is 11.8 Å². The number of ether oxygens (including phenoxy) is 2. The van der Waals surface area contributed by atoms with Crippen LogP contribution in [0.3, 0.4) is 0 Å². The fourth-order valence-corrected chi connectivity index (χ4v) is 1.65. The molecule has 0 rings (SSSR count). The number of carbonyl (C=O) groups excluding carboxylic acids is 2. The van der Waals surface area contributed by atoms with Gasteiger partial charge in [0.2, 0.25) is 0 Å². The molecule has 0 unspecified atom stereocenters. The summed E-state index contributed by atoms with van der Waals surface area (Å²) in [5.74, 6) is -0.781. The molecule has 0 N–H and O–H groups in total. The van der Waals surface area contributed by atoms with E-state index in [2.05, 4.69) is 38.7 Å². The van der Waals surface area contributed by atoms with Crippen molar-refractivity contribution in [1.82, 2.24) is 0 Å². The van der Waals surface area contributed by atoms with Crippen LogP contribution in [-0.4, -0.2) is 11.9 Å². The summed E-state index contributed by atoms with van der Waals surface area (Å²) >= 11 is 0. The molecule has 4 nitrogen and oxygen atoms in total. The van der Waals surface area contributed by atoms with E-state index in [-0.39, 0.29) is 18.1 Å². The van der Waals surface area contributed by atoms with Crippen LogP contribution in [0, 0.1) is 5.41 Å². The molecule has 0 saturated heterocycles. The fourth-order valence-electron chi connectivity index (χ4n) is 1.65. The first-order valence-electron chi connectivity index (χ1n) is 6.93. The molecule has 0 saturated carbocycles. The van der Waals surface area contributed by atoms with Crippen molar-refractivity contribution in [3.8, 4) is 0 Å². The standard InChI is InChI=1S/C16H26O4/c1-6-19-15(18)12-13(2)20-14(17)10-8-7-9-11-16(3,4)5/h6H,1-2,7-12H2,3-5H3. The van der Waals surface area contributed by atoms with E-state index in [0.717, 1.165) is 31.9 Å². The molecule has 0 atom stereocenters. The third-order valence-corrected chi connectivity index (χ3v) is 2.62. The van der Waals surface area contributed by atoms with E-state index in [4.69, 9.17) is 4.74 Å². The third kappa shape index (κ3) is 11.5. The van der Waals surface area contributed by atoms with Gasteiger partial charge in [0.1, 0.15) is 12.2 Å². The fraction of sp³-hybridized carbons (Fsp3) is 0.625. The molecule has 0 aliphatic heterocycles. The average Bonchev–Trinajstić information content (AvgIpc) is 2.26. The molecule has 0 aromatic rings. The topological polar surface area (TPSA) is 52.6 Å². The maximum absolute atomic E-state index is 11.5. The van der Waals surface area contributed by atoms with Crippen molar-refractivity contribution in [3.63, 3.8) is 0 Å². The highest BCUT2D eigenvalue weighted by Gasteiger charge is 2.11. The molecule has 0 bridgehead atoms. The predicted molar refractivity (Wildman–Crippen MR) is 78.7 cm³/mol. The summed E-state index contributed by atoms with van der Waals surface area (Å²) in [5.41, 5.74) is 0.334. The lowest BCUT2D eigenvalue weighted by Gasteiger charge is -2.17. The zero-order chi connectivity index (χ0) is 15.6. The van der Waals surface area contributed by atoms with Crippen molar-refractivity contribution in [2.75, 3.05) is 0 Å². The van der Waals surface area contributed by atoms with Crippen LogP contribution >= 0.6 is 0 Å². The Balaban J connectivity index is 3.70. The average molecular weight is 282 g/mol. The summed E-state index contributed by atoms with van der Waals surface area (Å²) < 4.78 is 9.46. The second kappa shape index (κ2) is 9.34. The van der Waals surface area contributed by atoms with Crippen LogP contribution in [0.25, 0.3) is 0 Å². The molecule has 0 radical (unpaired) electrons. The quantitative estimate of drug-likeness (QED) is 0.363. The molecule has 0 spiro atoms. The Morgan fingerprint density at radius 2 is 1.75 bits per heavy atom. The lowest BCUT2D eigenvalue weighted by Crippen LogP contribution is -2.08. The van der Waals surface area contributed by atoms with E-state index in [1.807, 2.05) is 0 Å². The molecule has 0 aromatic heterocycles. The first-order valence-corrected chi connectivity index (χ1v) is 6.93. The number of carbonyl (C=O) groups is 2. The number of esters is 2. The minimum Gasteiger partial charge on any atom is -0.435 e. The van der Waals surface area contributed by atoms with Crippen LogP contribution in [-0.2, 0) is 19.1 Å². The molecule has 4 heteroatoms. The number of hydrogen-bond donors (Lipinski definition) is 0. The first kappa shape index (κ1) is 18.4. The Bertz CT molecular complexity index is 350. The predicted octanol–water partition coefficient (Wildman–Crippen LogP) is 4.12. The summed E-state index contributed by atoms with van der Waals surface area (Å²) in [4.78, 5) is 22.6. The maximum Gasteiger partial charge on any atom is 0.318 e. The second-order valence-electron chi connectivity index (χ2n) is 5.97. The Morgan fingerprint density at radius 1 is 1.10 bits per heavy atom. The second-order valence-corrected chi connectivity index (χ2v) is 5.97. The van der Waals surface area contributed by atoms with Crippen LogP contribution in [0.1, 0.15) is 59.3 Å². The van der Waals surface area contributed by atoms with E-state index in [1.165, 1.54) is 0 Å². The van der Waals surface area contributed by atoms with Gasteiger partial charge in [-0.3, -0.25) is 9.59 Å². The third-order valence-electron chi connectivity index (χ3n) is 2.62. The van der Waals surface area contributed by atoms with Crippen LogP contribution in [0.15, 0.2) is 25.2 Å². The summed E-state index contributed by atoms with van der Waals surface area (Å²) in [6.45, 7) is 13.4. The Kier molecular flexibility index (Phi) is 8.61. The smallest absolute Gasteiger partial charge is 0.318 e. The minimum atomic E-state index is -0.539. The molecule has 0 aliphatic carbocycles. The lowest BCUT2D eigenvalue weighted by atomic mass is 9.89.